The van der Waals surface area contributed by atoms with Gasteiger partial charge in [0, 0.05) is 24.4 Å². The van der Waals surface area contributed by atoms with Crippen LogP contribution in [0.5, 0.6) is 0 Å². The van der Waals surface area contributed by atoms with Crippen molar-refractivity contribution < 1.29 is 12.8 Å². The van der Waals surface area contributed by atoms with Crippen LogP contribution < -0.4 is 10.3 Å². The van der Waals surface area contributed by atoms with Crippen LogP contribution in [0.1, 0.15) is 0 Å². The van der Waals surface area contributed by atoms with Gasteiger partial charge in [0.2, 0.25) is 0 Å². The first-order chi connectivity index (χ1) is 12.3. The number of benzene rings is 2. The van der Waals surface area contributed by atoms with Crippen LogP contribution in [-0.4, -0.2) is 18.2 Å². The third-order valence-electron chi connectivity index (χ3n) is 3.59. The van der Waals surface area contributed by atoms with Crippen molar-refractivity contribution in [2.45, 2.75) is 4.90 Å². The highest BCUT2D eigenvalue weighted by molar-refractivity contribution is 7.92. The number of nitrogens with one attached hydrogen (secondary N) is 1. The molecule has 0 aliphatic rings. The second-order valence-corrected chi connectivity index (χ2v) is 7.53. The van der Waals surface area contributed by atoms with E-state index in [0.717, 1.165) is 18.2 Å². The summed E-state index contributed by atoms with van der Waals surface area (Å²) in [5, 5.41) is 3.85. The molecule has 9 heteroatoms. The lowest BCUT2D eigenvalue weighted by Gasteiger charge is -2.09. The molecule has 1 heterocycles. The summed E-state index contributed by atoms with van der Waals surface area (Å²) in [5.74, 6) is -0.695. The molecule has 2 aromatic carbocycles. The van der Waals surface area contributed by atoms with Crippen molar-refractivity contribution in [2.75, 3.05) is 4.72 Å². The van der Waals surface area contributed by atoms with Crippen LogP contribution in [0.4, 0.5) is 10.1 Å². The Kier molecular flexibility index (Phi) is 4.80. The lowest BCUT2D eigenvalue weighted by Crippen LogP contribution is -2.18. The minimum absolute atomic E-state index is 0.146. The van der Waals surface area contributed by atoms with Gasteiger partial charge in [-0.15, -0.1) is 0 Å². The predicted molar refractivity (Wildman–Crippen MR) is 97.1 cm³/mol. The number of anilines is 1. The fraction of sp³-hybridized carbons (Fsp3) is 0.0588. The van der Waals surface area contributed by atoms with Crippen molar-refractivity contribution >= 4 is 27.3 Å². The molecule has 0 unspecified atom stereocenters. The van der Waals surface area contributed by atoms with E-state index in [-0.39, 0.29) is 15.5 Å². The van der Waals surface area contributed by atoms with Gasteiger partial charge < -0.3 is 0 Å². The molecule has 1 N–H and O–H groups in total. The van der Waals surface area contributed by atoms with E-state index in [1.807, 2.05) is 0 Å². The van der Waals surface area contributed by atoms with Crippen molar-refractivity contribution in [3.05, 3.63) is 75.8 Å². The number of aromatic nitrogens is 2. The van der Waals surface area contributed by atoms with Gasteiger partial charge in [-0.1, -0.05) is 23.7 Å². The summed E-state index contributed by atoms with van der Waals surface area (Å²) in [5.41, 5.74) is 1.38. The minimum Gasteiger partial charge on any atom is -0.280 e. The average Bonchev–Trinajstić information content (AvgIpc) is 2.60. The summed E-state index contributed by atoms with van der Waals surface area (Å²) < 4.78 is 41.5. The second-order valence-electron chi connectivity index (χ2n) is 5.44. The maximum Gasteiger partial charge on any atom is 0.266 e. The summed E-state index contributed by atoms with van der Waals surface area (Å²) in [6.07, 6.45) is 0. The molecular formula is C17H13ClFN3O3S. The summed E-state index contributed by atoms with van der Waals surface area (Å²) in [4.78, 5) is 11.2. The van der Waals surface area contributed by atoms with E-state index in [4.69, 9.17) is 11.6 Å². The quantitative estimate of drug-likeness (QED) is 0.738. The van der Waals surface area contributed by atoms with E-state index < -0.39 is 15.8 Å². The van der Waals surface area contributed by atoms with Gasteiger partial charge >= 0.3 is 0 Å². The van der Waals surface area contributed by atoms with Crippen molar-refractivity contribution in [3.8, 4) is 11.3 Å². The van der Waals surface area contributed by atoms with E-state index in [1.54, 1.807) is 37.4 Å². The molecule has 0 saturated heterocycles. The molecule has 134 valence electrons. The maximum absolute atomic E-state index is 13.2. The molecule has 0 aliphatic carbocycles. The summed E-state index contributed by atoms with van der Waals surface area (Å²) >= 11 is 5.64. The van der Waals surface area contributed by atoms with Crippen LogP contribution >= 0.6 is 11.6 Å². The van der Waals surface area contributed by atoms with Crippen LogP contribution in [0.15, 0.2) is 64.3 Å². The van der Waals surface area contributed by atoms with Crippen molar-refractivity contribution in [2.24, 2.45) is 7.05 Å². The first-order valence-corrected chi connectivity index (χ1v) is 9.25. The number of nitrogens with zero attached hydrogens (tertiary/aromatic N) is 2. The van der Waals surface area contributed by atoms with E-state index in [1.165, 1.54) is 10.7 Å². The Labute approximate surface area is 153 Å². The van der Waals surface area contributed by atoms with Gasteiger partial charge in [-0.3, -0.25) is 9.52 Å². The Balaban J connectivity index is 1.85. The van der Waals surface area contributed by atoms with Gasteiger partial charge in [0.05, 0.1) is 15.6 Å². The number of hydrogen-bond acceptors (Lipinski definition) is 4. The molecule has 3 rings (SSSR count). The van der Waals surface area contributed by atoms with Gasteiger partial charge in [0.25, 0.3) is 15.6 Å². The SMILES string of the molecule is Cn1nc(-c2ccc(NS(=O)(=O)c3ccc(F)c(Cl)c3)cc2)ccc1=O. The van der Waals surface area contributed by atoms with E-state index in [2.05, 4.69) is 9.82 Å². The van der Waals surface area contributed by atoms with Crippen LogP contribution in [0, 0.1) is 5.82 Å². The second kappa shape index (κ2) is 6.89. The Bertz CT molecular complexity index is 1130. The van der Waals surface area contributed by atoms with E-state index >= 15 is 0 Å². The molecule has 0 amide bonds. The van der Waals surface area contributed by atoms with Crippen LogP contribution in [0.3, 0.4) is 0 Å². The zero-order valence-corrected chi connectivity index (χ0v) is 15.1. The minimum atomic E-state index is -3.90. The van der Waals surface area contributed by atoms with Crippen molar-refractivity contribution in [3.63, 3.8) is 0 Å². The van der Waals surface area contributed by atoms with Gasteiger partial charge in [-0.2, -0.15) is 5.10 Å². The normalized spacial score (nSPS) is 11.3. The fourth-order valence-electron chi connectivity index (χ4n) is 2.22. The van der Waals surface area contributed by atoms with Gasteiger partial charge in [-0.05, 0) is 36.4 Å². The van der Waals surface area contributed by atoms with E-state index in [0.29, 0.717) is 16.9 Å². The third-order valence-corrected chi connectivity index (χ3v) is 5.26. The number of sulfonamides is 1. The fourth-order valence-corrected chi connectivity index (χ4v) is 3.55. The van der Waals surface area contributed by atoms with Crippen molar-refractivity contribution in [1.29, 1.82) is 0 Å². The zero-order chi connectivity index (χ0) is 18.9. The molecule has 0 radical (unpaired) electrons. The summed E-state index contributed by atoms with van der Waals surface area (Å²) in [7, 11) is -2.36. The number of halogens is 2. The Morgan fingerprint density at radius 2 is 1.77 bits per heavy atom. The predicted octanol–water partition coefficient (Wildman–Crippen LogP) is 3.04. The zero-order valence-electron chi connectivity index (χ0n) is 13.5. The van der Waals surface area contributed by atoms with Crippen LogP contribution in [0.2, 0.25) is 5.02 Å². The lowest BCUT2D eigenvalue weighted by atomic mass is 10.1. The Morgan fingerprint density at radius 3 is 2.38 bits per heavy atom. The van der Waals surface area contributed by atoms with Crippen LogP contribution in [-0.2, 0) is 17.1 Å². The van der Waals surface area contributed by atoms with Gasteiger partial charge in [0.15, 0.2) is 0 Å². The number of aryl methyl sites for hydroxylation is 1. The van der Waals surface area contributed by atoms with Crippen LogP contribution in [0.25, 0.3) is 11.3 Å². The molecule has 0 saturated carbocycles. The molecule has 1 aromatic heterocycles. The van der Waals surface area contributed by atoms with Gasteiger partial charge in [0.1, 0.15) is 5.82 Å². The molecule has 0 atom stereocenters. The highest BCUT2D eigenvalue weighted by atomic mass is 35.5. The molecule has 0 aliphatic heterocycles. The van der Waals surface area contributed by atoms with E-state index in [9.17, 15) is 17.6 Å². The molecular weight excluding hydrogens is 381 g/mol. The molecule has 0 spiro atoms. The number of hydrogen-bond donors (Lipinski definition) is 1. The highest BCUT2D eigenvalue weighted by Gasteiger charge is 2.16. The molecule has 26 heavy (non-hydrogen) atoms. The lowest BCUT2D eigenvalue weighted by molar-refractivity contribution is 0.599. The molecule has 0 fully saturated rings. The highest BCUT2D eigenvalue weighted by Crippen LogP contribution is 2.23. The van der Waals surface area contributed by atoms with Crippen molar-refractivity contribution in [1.82, 2.24) is 9.78 Å². The van der Waals surface area contributed by atoms with Gasteiger partial charge in [-0.25, -0.2) is 17.5 Å². The smallest absolute Gasteiger partial charge is 0.266 e. The molecule has 0 bridgehead atoms. The summed E-state index contributed by atoms with van der Waals surface area (Å²) in [6, 6.07) is 12.6. The average molecular weight is 394 g/mol. The standard InChI is InChI=1S/C17H13ClFN3O3S/c1-22-17(23)9-8-16(20-22)11-2-4-12(5-3-11)21-26(24,25)13-6-7-15(19)14(18)10-13/h2-10,21H,1H3. The Hall–Kier alpha value is -2.71. The Morgan fingerprint density at radius 1 is 1.08 bits per heavy atom. The topological polar surface area (TPSA) is 81.1 Å². The summed E-state index contributed by atoms with van der Waals surface area (Å²) in [6.45, 7) is 0. The third kappa shape index (κ3) is 3.76. The first kappa shape index (κ1) is 18.1. The first-order valence-electron chi connectivity index (χ1n) is 7.39. The largest absolute Gasteiger partial charge is 0.280 e. The number of rotatable bonds is 4. The molecule has 3 aromatic rings. The maximum atomic E-state index is 13.2. The molecule has 6 nitrogen and oxygen atoms in total. The monoisotopic (exact) mass is 393 g/mol.